The van der Waals surface area contributed by atoms with Gasteiger partial charge in [-0.15, -0.1) is 0 Å². The van der Waals surface area contributed by atoms with Crippen molar-refractivity contribution in [2.45, 2.75) is 6.92 Å². The molecular formula is C20H21ClN2O5. The fraction of sp³-hybridized carbons (Fsp3) is 0.350. The maximum atomic E-state index is 12.2. The molecule has 3 rings (SSSR count). The van der Waals surface area contributed by atoms with E-state index in [1.165, 1.54) is 6.92 Å². The highest BCUT2D eigenvalue weighted by Crippen LogP contribution is 2.31. The minimum absolute atomic E-state index is 0.00889. The van der Waals surface area contributed by atoms with Crippen molar-refractivity contribution in [3.63, 3.8) is 0 Å². The minimum atomic E-state index is -0.630. The van der Waals surface area contributed by atoms with Crippen molar-refractivity contribution in [3.05, 3.63) is 41.4 Å². The Morgan fingerprint density at radius 1 is 0.929 bits per heavy atom. The predicted molar refractivity (Wildman–Crippen MR) is 104 cm³/mol. The maximum Gasteiger partial charge on any atom is 0.344 e. The van der Waals surface area contributed by atoms with Crippen LogP contribution >= 0.6 is 11.6 Å². The molecular weight excluding hydrogens is 384 g/mol. The molecule has 1 aliphatic heterocycles. The summed E-state index contributed by atoms with van der Waals surface area (Å²) in [5, 5.41) is 2.22. The molecule has 148 valence electrons. The fourth-order valence-corrected chi connectivity index (χ4v) is 3.27. The van der Waals surface area contributed by atoms with Gasteiger partial charge in [-0.05, 0) is 12.1 Å². The van der Waals surface area contributed by atoms with Gasteiger partial charge in [-0.2, -0.15) is 0 Å². The van der Waals surface area contributed by atoms with Crippen LogP contribution in [-0.2, 0) is 19.1 Å². The molecule has 0 N–H and O–H groups in total. The number of rotatable bonds is 5. The zero-order chi connectivity index (χ0) is 20.1. The van der Waals surface area contributed by atoms with Crippen LogP contribution in [0.5, 0.6) is 5.75 Å². The van der Waals surface area contributed by atoms with Crippen molar-refractivity contribution in [1.29, 1.82) is 0 Å². The van der Waals surface area contributed by atoms with Crippen molar-refractivity contribution in [2.24, 2.45) is 0 Å². The third-order valence-corrected chi connectivity index (χ3v) is 4.94. The first kappa shape index (κ1) is 19.9. The van der Waals surface area contributed by atoms with Crippen LogP contribution in [0.1, 0.15) is 6.92 Å². The van der Waals surface area contributed by atoms with E-state index in [-0.39, 0.29) is 25.0 Å². The Morgan fingerprint density at radius 2 is 1.57 bits per heavy atom. The lowest BCUT2D eigenvalue weighted by Crippen LogP contribution is -2.51. The number of carbonyl (C=O) groups is 3. The van der Waals surface area contributed by atoms with Crippen molar-refractivity contribution >= 4 is 40.2 Å². The van der Waals surface area contributed by atoms with Crippen LogP contribution in [0.3, 0.4) is 0 Å². The van der Waals surface area contributed by atoms with E-state index in [9.17, 15) is 14.4 Å². The third kappa shape index (κ3) is 4.72. The summed E-state index contributed by atoms with van der Waals surface area (Å²) in [5.41, 5.74) is 0. The number of amides is 2. The lowest BCUT2D eigenvalue weighted by Gasteiger charge is -2.34. The molecule has 28 heavy (non-hydrogen) atoms. The number of benzene rings is 2. The summed E-state index contributed by atoms with van der Waals surface area (Å²) in [6, 6.07) is 10.8. The van der Waals surface area contributed by atoms with E-state index in [0.717, 1.165) is 10.8 Å². The zero-order valence-corrected chi connectivity index (χ0v) is 16.3. The number of esters is 1. The average molecular weight is 405 g/mol. The molecule has 0 spiro atoms. The smallest absolute Gasteiger partial charge is 0.344 e. The molecule has 0 saturated carbocycles. The number of carbonyl (C=O) groups excluding carboxylic acids is 3. The first-order valence-corrected chi connectivity index (χ1v) is 9.32. The van der Waals surface area contributed by atoms with Gasteiger partial charge in [0.1, 0.15) is 5.75 Å². The van der Waals surface area contributed by atoms with E-state index in [1.54, 1.807) is 21.9 Å². The normalized spacial score (nSPS) is 14.1. The molecule has 2 amide bonds. The lowest BCUT2D eigenvalue weighted by atomic mass is 10.1. The highest BCUT2D eigenvalue weighted by molar-refractivity contribution is 6.35. The molecule has 2 aromatic carbocycles. The molecule has 0 unspecified atom stereocenters. The van der Waals surface area contributed by atoms with Gasteiger partial charge in [-0.25, -0.2) is 4.79 Å². The number of nitrogens with zero attached hydrogens (tertiary/aromatic N) is 2. The van der Waals surface area contributed by atoms with E-state index in [2.05, 4.69) is 0 Å². The van der Waals surface area contributed by atoms with E-state index in [1.807, 2.05) is 24.3 Å². The van der Waals surface area contributed by atoms with Crippen molar-refractivity contribution in [1.82, 2.24) is 9.80 Å². The zero-order valence-electron chi connectivity index (χ0n) is 15.5. The van der Waals surface area contributed by atoms with Gasteiger partial charge < -0.3 is 19.3 Å². The number of ether oxygens (including phenoxy) is 2. The van der Waals surface area contributed by atoms with Gasteiger partial charge in [0, 0.05) is 48.9 Å². The van der Waals surface area contributed by atoms with Crippen LogP contribution in [-0.4, -0.2) is 67.0 Å². The summed E-state index contributed by atoms with van der Waals surface area (Å²) in [6.45, 7) is 2.69. The SMILES string of the molecule is CC(=O)N1CCN(C(=O)COC(=O)COc2ccc(Cl)c3ccccc23)CC1. The Balaban J connectivity index is 1.47. The standard InChI is InChI=1S/C20H21ClN2O5/c1-14(24)22-8-10-23(11-9-22)19(25)12-28-20(26)13-27-18-7-6-17(21)15-4-2-3-5-16(15)18/h2-7H,8-13H2,1H3. The molecule has 1 heterocycles. The average Bonchev–Trinajstić information content (AvgIpc) is 2.71. The lowest BCUT2D eigenvalue weighted by molar-refractivity contribution is -0.154. The molecule has 0 aromatic heterocycles. The highest BCUT2D eigenvalue weighted by Gasteiger charge is 2.23. The minimum Gasteiger partial charge on any atom is -0.481 e. The molecule has 1 fully saturated rings. The van der Waals surface area contributed by atoms with Gasteiger partial charge >= 0.3 is 5.97 Å². The Labute approximate surface area is 167 Å². The van der Waals surface area contributed by atoms with Crippen LogP contribution in [0.15, 0.2) is 36.4 Å². The molecule has 1 aliphatic rings. The van der Waals surface area contributed by atoms with Gasteiger partial charge in [-0.1, -0.05) is 35.9 Å². The number of fused-ring (bicyclic) bond motifs is 1. The number of piperazine rings is 1. The van der Waals surface area contributed by atoms with Crippen LogP contribution in [0.4, 0.5) is 0 Å². The predicted octanol–water partition coefficient (Wildman–Crippen LogP) is 2.11. The van der Waals surface area contributed by atoms with Gasteiger partial charge in [0.2, 0.25) is 5.91 Å². The molecule has 8 heteroatoms. The summed E-state index contributed by atoms with van der Waals surface area (Å²) < 4.78 is 10.6. The monoisotopic (exact) mass is 404 g/mol. The van der Waals surface area contributed by atoms with Crippen LogP contribution < -0.4 is 4.74 Å². The Bertz CT molecular complexity index is 893. The molecule has 0 radical (unpaired) electrons. The van der Waals surface area contributed by atoms with Crippen molar-refractivity contribution in [2.75, 3.05) is 39.4 Å². The second kappa shape index (κ2) is 8.93. The number of hydrogen-bond donors (Lipinski definition) is 0. The third-order valence-electron chi connectivity index (χ3n) is 4.61. The van der Waals surface area contributed by atoms with Gasteiger partial charge in [0.05, 0.1) is 0 Å². The van der Waals surface area contributed by atoms with Gasteiger partial charge in [0.25, 0.3) is 5.91 Å². The molecule has 2 aromatic rings. The van der Waals surface area contributed by atoms with E-state index in [4.69, 9.17) is 21.1 Å². The van der Waals surface area contributed by atoms with Crippen LogP contribution in [0.2, 0.25) is 5.02 Å². The summed E-state index contributed by atoms with van der Waals surface area (Å²) >= 11 is 6.17. The summed E-state index contributed by atoms with van der Waals surface area (Å²) in [7, 11) is 0. The van der Waals surface area contributed by atoms with Gasteiger partial charge in [0.15, 0.2) is 13.2 Å². The fourth-order valence-electron chi connectivity index (χ4n) is 3.04. The van der Waals surface area contributed by atoms with E-state index in [0.29, 0.717) is 37.0 Å². The van der Waals surface area contributed by atoms with Crippen LogP contribution in [0.25, 0.3) is 10.8 Å². The Kier molecular flexibility index (Phi) is 6.36. The topological polar surface area (TPSA) is 76.2 Å². The van der Waals surface area contributed by atoms with Crippen LogP contribution in [0, 0.1) is 0 Å². The molecule has 0 bridgehead atoms. The first-order chi connectivity index (χ1) is 13.5. The maximum absolute atomic E-state index is 12.2. The Morgan fingerprint density at radius 3 is 2.25 bits per heavy atom. The summed E-state index contributed by atoms with van der Waals surface area (Å²) in [4.78, 5) is 38.7. The summed E-state index contributed by atoms with van der Waals surface area (Å²) in [6.07, 6.45) is 0. The van der Waals surface area contributed by atoms with E-state index < -0.39 is 5.97 Å². The molecule has 1 saturated heterocycles. The highest BCUT2D eigenvalue weighted by atomic mass is 35.5. The molecule has 0 atom stereocenters. The molecule has 7 nitrogen and oxygen atoms in total. The van der Waals surface area contributed by atoms with E-state index >= 15 is 0 Å². The quantitative estimate of drug-likeness (QED) is 0.713. The van der Waals surface area contributed by atoms with Crippen molar-refractivity contribution in [3.8, 4) is 5.75 Å². The molecule has 0 aliphatic carbocycles. The second-order valence-electron chi connectivity index (χ2n) is 6.43. The first-order valence-electron chi connectivity index (χ1n) is 8.94. The number of hydrogen-bond acceptors (Lipinski definition) is 5. The largest absolute Gasteiger partial charge is 0.481 e. The van der Waals surface area contributed by atoms with Gasteiger partial charge in [-0.3, -0.25) is 9.59 Å². The number of halogens is 1. The van der Waals surface area contributed by atoms with Crippen molar-refractivity contribution < 1.29 is 23.9 Å². The summed E-state index contributed by atoms with van der Waals surface area (Å²) in [5.74, 6) is -0.405. The Hall–Kier alpha value is -2.80. The second-order valence-corrected chi connectivity index (χ2v) is 6.83.